The van der Waals surface area contributed by atoms with Crippen LogP contribution in [-0.2, 0) is 20.7 Å². The molecule has 0 radical (unpaired) electrons. The first kappa shape index (κ1) is 17.5. The van der Waals surface area contributed by atoms with Gasteiger partial charge in [-0.15, -0.1) is 0 Å². The Bertz CT molecular complexity index is 668. The van der Waals surface area contributed by atoms with Crippen molar-refractivity contribution in [1.29, 1.82) is 0 Å². The summed E-state index contributed by atoms with van der Waals surface area (Å²) in [6, 6.07) is 16.5. The third kappa shape index (κ3) is 5.43. The number of carbonyl (C=O) groups is 2. The lowest BCUT2D eigenvalue weighted by Gasteiger charge is -2.13. The zero-order valence-corrected chi connectivity index (χ0v) is 13.8. The summed E-state index contributed by atoms with van der Waals surface area (Å²) in [6.07, 6.45) is -0.0703. The van der Waals surface area contributed by atoms with E-state index in [0.29, 0.717) is 12.1 Å². The molecule has 2 aromatic carbocycles. The highest BCUT2D eigenvalue weighted by Gasteiger charge is 2.17. The molecule has 0 aliphatic carbocycles. The molecule has 0 unspecified atom stereocenters. The molecule has 1 N–H and O–H groups in total. The fourth-order valence-electron chi connectivity index (χ4n) is 2.11. The Morgan fingerprint density at radius 3 is 2.33 bits per heavy atom. The van der Waals surface area contributed by atoms with Crippen molar-refractivity contribution in [3.63, 3.8) is 0 Å². The van der Waals surface area contributed by atoms with E-state index in [9.17, 15) is 9.59 Å². The SMILES string of the molecule is COc1ccc(CCC(=O)O[C@@H](C)C(=O)Nc2ccccc2)cc1. The third-order valence-corrected chi connectivity index (χ3v) is 3.50. The second-order valence-electron chi connectivity index (χ2n) is 5.34. The Kier molecular flexibility index (Phi) is 6.37. The van der Waals surface area contributed by atoms with Crippen LogP contribution in [0.2, 0.25) is 0 Å². The number of aryl methyl sites for hydroxylation is 1. The normalized spacial score (nSPS) is 11.4. The number of esters is 1. The number of nitrogens with one attached hydrogen (secondary N) is 1. The molecule has 1 atom stereocenters. The summed E-state index contributed by atoms with van der Waals surface area (Å²) >= 11 is 0. The molecule has 24 heavy (non-hydrogen) atoms. The number of benzene rings is 2. The molecule has 5 heteroatoms. The van der Waals surface area contributed by atoms with E-state index in [1.165, 1.54) is 0 Å². The summed E-state index contributed by atoms with van der Waals surface area (Å²) in [7, 11) is 1.61. The zero-order valence-electron chi connectivity index (χ0n) is 13.8. The maximum absolute atomic E-state index is 12.0. The van der Waals surface area contributed by atoms with Crippen LogP contribution in [0.15, 0.2) is 54.6 Å². The molecule has 0 saturated heterocycles. The van der Waals surface area contributed by atoms with E-state index < -0.39 is 12.1 Å². The number of anilines is 1. The number of ether oxygens (including phenoxy) is 2. The van der Waals surface area contributed by atoms with Gasteiger partial charge in [-0.2, -0.15) is 0 Å². The lowest BCUT2D eigenvalue weighted by Crippen LogP contribution is -2.30. The topological polar surface area (TPSA) is 64.6 Å². The average molecular weight is 327 g/mol. The first-order valence-corrected chi connectivity index (χ1v) is 7.77. The van der Waals surface area contributed by atoms with Crippen LogP contribution in [0, 0.1) is 0 Å². The first-order valence-electron chi connectivity index (χ1n) is 7.77. The standard InChI is InChI=1S/C19H21NO4/c1-14(19(22)20-16-6-4-3-5-7-16)24-18(21)13-10-15-8-11-17(23-2)12-9-15/h3-9,11-12,14H,10,13H2,1-2H3,(H,20,22)/t14-/m0/s1. The minimum atomic E-state index is -0.839. The molecule has 0 spiro atoms. The Labute approximate surface area is 141 Å². The van der Waals surface area contributed by atoms with Crippen molar-refractivity contribution in [2.45, 2.75) is 25.9 Å². The van der Waals surface area contributed by atoms with Crippen molar-refractivity contribution in [3.05, 3.63) is 60.2 Å². The Hall–Kier alpha value is -2.82. The fraction of sp³-hybridized carbons (Fsp3) is 0.263. The number of rotatable bonds is 7. The van der Waals surface area contributed by atoms with Crippen molar-refractivity contribution >= 4 is 17.6 Å². The fourth-order valence-corrected chi connectivity index (χ4v) is 2.11. The average Bonchev–Trinajstić information content (AvgIpc) is 2.61. The number of hydrogen-bond donors (Lipinski definition) is 1. The minimum absolute atomic E-state index is 0.218. The number of hydrogen-bond acceptors (Lipinski definition) is 4. The van der Waals surface area contributed by atoms with E-state index in [1.54, 1.807) is 26.2 Å². The van der Waals surface area contributed by atoms with E-state index in [1.807, 2.05) is 42.5 Å². The van der Waals surface area contributed by atoms with Crippen LogP contribution in [0.25, 0.3) is 0 Å². The van der Waals surface area contributed by atoms with E-state index in [-0.39, 0.29) is 12.3 Å². The van der Waals surface area contributed by atoms with Crippen molar-refractivity contribution in [2.24, 2.45) is 0 Å². The summed E-state index contributed by atoms with van der Waals surface area (Å²) in [5, 5.41) is 2.70. The number of amides is 1. The summed E-state index contributed by atoms with van der Waals surface area (Å²) in [6.45, 7) is 1.56. The highest BCUT2D eigenvalue weighted by atomic mass is 16.5. The summed E-state index contributed by atoms with van der Waals surface area (Å²) < 4.78 is 10.3. The molecule has 0 aromatic heterocycles. The Balaban J connectivity index is 1.77. The quantitative estimate of drug-likeness (QED) is 0.793. The molecule has 126 valence electrons. The lowest BCUT2D eigenvalue weighted by atomic mass is 10.1. The maximum atomic E-state index is 12.0. The molecular formula is C19H21NO4. The van der Waals surface area contributed by atoms with E-state index >= 15 is 0 Å². The number of para-hydroxylation sites is 1. The Morgan fingerprint density at radius 2 is 1.71 bits per heavy atom. The number of methoxy groups -OCH3 is 1. The van der Waals surface area contributed by atoms with Gasteiger partial charge in [-0.05, 0) is 43.2 Å². The van der Waals surface area contributed by atoms with Gasteiger partial charge in [0.05, 0.1) is 7.11 Å². The molecule has 2 aromatic rings. The molecule has 0 aliphatic rings. The monoisotopic (exact) mass is 327 g/mol. The van der Waals surface area contributed by atoms with Crippen LogP contribution in [0.1, 0.15) is 18.9 Å². The molecule has 0 fully saturated rings. The highest BCUT2D eigenvalue weighted by Crippen LogP contribution is 2.13. The van der Waals surface area contributed by atoms with Crippen LogP contribution < -0.4 is 10.1 Å². The minimum Gasteiger partial charge on any atom is -0.497 e. The number of carbonyl (C=O) groups excluding carboxylic acids is 2. The van der Waals surface area contributed by atoms with Gasteiger partial charge in [-0.1, -0.05) is 30.3 Å². The van der Waals surface area contributed by atoms with Crippen LogP contribution in [0.5, 0.6) is 5.75 Å². The van der Waals surface area contributed by atoms with Gasteiger partial charge in [-0.25, -0.2) is 0 Å². The smallest absolute Gasteiger partial charge is 0.306 e. The summed E-state index contributed by atoms with van der Waals surface area (Å²) in [4.78, 5) is 23.9. The molecule has 5 nitrogen and oxygen atoms in total. The molecule has 0 aliphatic heterocycles. The van der Waals surface area contributed by atoms with Crippen molar-refractivity contribution in [2.75, 3.05) is 12.4 Å². The largest absolute Gasteiger partial charge is 0.497 e. The highest BCUT2D eigenvalue weighted by molar-refractivity contribution is 5.95. The van der Waals surface area contributed by atoms with E-state index in [0.717, 1.165) is 11.3 Å². The predicted octanol–water partition coefficient (Wildman–Crippen LogP) is 3.20. The van der Waals surface area contributed by atoms with Gasteiger partial charge in [-0.3, -0.25) is 9.59 Å². The first-order chi connectivity index (χ1) is 11.6. The van der Waals surface area contributed by atoms with Crippen LogP contribution >= 0.6 is 0 Å². The van der Waals surface area contributed by atoms with Gasteiger partial charge in [0.2, 0.25) is 0 Å². The molecule has 0 saturated carbocycles. The van der Waals surface area contributed by atoms with E-state index in [2.05, 4.69) is 5.32 Å². The van der Waals surface area contributed by atoms with Gasteiger partial charge < -0.3 is 14.8 Å². The van der Waals surface area contributed by atoms with Crippen molar-refractivity contribution in [1.82, 2.24) is 0 Å². The van der Waals surface area contributed by atoms with Gasteiger partial charge in [0.1, 0.15) is 5.75 Å². The summed E-state index contributed by atoms with van der Waals surface area (Å²) in [5.41, 5.74) is 1.68. The van der Waals surface area contributed by atoms with Gasteiger partial charge in [0, 0.05) is 12.1 Å². The van der Waals surface area contributed by atoms with Gasteiger partial charge >= 0.3 is 5.97 Å². The van der Waals surface area contributed by atoms with Crippen LogP contribution in [0.3, 0.4) is 0 Å². The lowest BCUT2D eigenvalue weighted by molar-refractivity contribution is -0.153. The molecule has 0 heterocycles. The molecule has 2 rings (SSSR count). The van der Waals surface area contributed by atoms with E-state index in [4.69, 9.17) is 9.47 Å². The van der Waals surface area contributed by atoms with Gasteiger partial charge in [0.25, 0.3) is 5.91 Å². The maximum Gasteiger partial charge on any atom is 0.306 e. The molecule has 1 amide bonds. The zero-order chi connectivity index (χ0) is 17.4. The summed E-state index contributed by atoms with van der Waals surface area (Å²) in [5.74, 6) is 0.0214. The molecular weight excluding hydrogens is 306 g/mol. The van der Waals surface area contributed by atoms with Gasteiger partial charge in [0.15, 0.2) is 6.10 Å². The van der Waals surface area contributed by atoms with Crippen LogP contribution in [0.4, 0.5) is 5.69 Å². The predicted molar refractivity (Wildman–Crippen MR) is 91.9 cm³/mol. The Morgan fingerprint density at radius 1 is 1.04 bits per heavy atom. The second kappa shape index (κ2) is 8.72. The molecule has 0 bridgehead atoms. The third-order valence-electron chi connectivity index (χ3n) is 3.50. The van der Waals surface area contributed by atoms with Crippen molar-refractivity contribution in [3.8, 4) is 5.75 Å². The van der Waals surface area contributed by atoms with Crippen molar-refractivity contribution < 1.29 is 19.1 Å². The second-order valence-corrected chi connectivity index (χ2v) is 5.34. The van der Waals surface area contributed by atoms with Crippen LogP contribution in [-0.4, -0.2) is 25.1 Å².